The maximum atomic E-state index is 11.5. The van der Waals surface area contributed by atoms with Crippen LogP contribution in [-0.4, -0.2) is 16.1 Å². The molecule has 2 atom stereocenters. The van der Waals surface area contributed by atoms with Crippen molar-refractivity contribution in [1.82, 2.24) is 0 Å². The van der Waals surface area contributed by atoms with Gasteiger partial charge in [0, 0.05) is 5.02 Å². The summed E-state index contributed by atoms with van der Waals surface area (Å²) in [6.45, 7) is 7.87. The van der Waals surface area contributed by atoms with E-state index in [4.69, 9.17) is 21.5 Å². The van der Waals surface area contributed by atoms with Gasteiger partial charge in [0.1, 0.15) is 5.75 Å². The van der Waals surface area contributed by atoms with Crippen LogP contribution >= 0.6 is 11.6 Å². The molecule has 3 nitrogen and oxygen atoms in total. The largest absolute Gasteiger partial charge is 0.496 e. The van der Waals surface area contributed by atoms with E-state index in [0.29, 0.717) is 11.4 Å². The van der Waals surface area contributed by atoms with E-state index >= 15 is 0 Å². The fourth-order valence-corrected chi connectivity index (χ4v) is 2.97. The topological polar surface area (TPSA) is 52.3 Å². The molecule has 0 amide bonds. The van der Waals surface area contributed by atoms with Gasteiger partial charge < -0.3 is 4.74 Å². The van der Waals surface area contributed by atoms with Crippen molar-refractivity contribution in [3.8, 4) is 5.75 Å². The van der Waals surface area contributed by atoms with E-state index in [1.807, 2.05) is 32.9 Å². The predicted molar refractivity (Wildman–Crippen MR) is 82.2 cm³/mol. The van der Waals surface area contributed by atoms with Crippen molar-refractivity contribution < 1.29 is 8.95 Å². The Morgan fingerprint density at radius 1 is 1.47 bits per heavy atom. The van der Waals surface area contributed by atoms with Crippen molar-refractivity contribution in [3.63, 3.8) is 0 Å². The second-order valence-electron chi connectivity index (χ2n) is 5.51. The van der Waals surface area contributed by atoms with Crippen LogP contribution in [0, 0.1) is 6.92 Å². The first-order chi connectivity index (χ1) is 8.69. The van der Waals surface area contributed by atoms with Gasteiger partial charge in [-0.25, -0.2) is 4.21 Å². The molecule has 0 saturated carbocycles. The summed E-state index contributed by atoms with van der Waals surface area (Å²) < 4.78 is 16.3. The van der Waals surface area contributed by atoms with Crippen LogP contribution in [0.1, 0.15) is 44.2 Å². The highest BCUT2D eigenvalue weighted by Gasteiger charge is 2.27. The molecule has 0 aliphatic rings. The number of benzene rings is 1. The Labute approximate surface area is 123 Å². The zero-order valence-electron chi connectivity index (χ0n) is 12.1. The first-order valence-electron chi connectivity index (χ1n) is 6.19. The van der Waals surface area contributed by atoms with Crippen LogP contribution in [0.2, 0.25) is 5.02 Å². The fraction of sp³-hybridized carbons (Fsp3) is 0.571. The predicted octanol–water partition coefficient (Wildman–Crippen LogP) is 3.55. The summed E-state index contributed by atoms with van der Waals surface area (Å²) in [5, 5.41) is 6.20. The number of rotatable bonds is 5. The second kappa shape index (κ2) is 6.25. The van der Waals surface area contributed by atoms with Crippen LogP contribution in [0.3, 0.4) is 0 Å². The summed E-state index contributed by atoms with van der Waals surface area (Å²) in [5.41, 5.74) is 2.08. The monoisotopic (exact) mass is 303 g/mol. The molecule has 0 aliphatic heterocycles. The third kappa shape index (κ3) is 3.94. The van der Waals surface area contributed by atoms with Gasteiger partial charge in [0.2, 0.25) is 0 Å². The molecule has 0 aliphatic carbocycles. The number of aryl methyl sites for hydroxylation is 1. The van der Waals surface area contributed by atoms with Crippen LogP contribution in [0.4, 0.5) is 0 Å². The number of hydrogen-bond donors (Lipinski definition) is 1. The third-order valence-electron chi connectivity index (χ3n) is 3.39. The Hall–Kier alpha value is -0.580. The minimum atomic E-state index is -1.36. The smallest absolute Gasteiger partial charge is 0.123 e. The molecule has 1 unspecified atom stereocenters. The standard InChI is InChI=1S/C14H22ClNO2S/c1-9-6-11(12(15)7-13(9)18-5)10(2)8-14(3,4)19(16)17/h6-7,10H,8,16H2,1-5H3/t10-,19?/m1/s1. The summed E-state index contributed by atoms with van der Waals surface area (Å²) in [7, 11) is 0.271. The minimum Gasteiger partial charge on any atom is -0.496 e. The molecule has 108 valence electrons. The van der Waals surface area contributed by atoms with Crippen LogP contribution < -0.4 is 9.88 Å². The Balaban J connectivity index is 3.04. The molecule has 0 bridgehead atoms. The van der Waals surface area contributed by atoms with Crippen molar-refractivity contribution in [2.24, 2.45) is 5.14 Å². The van der Waals surface area contributed by atoms with Crippen LogP contribution in [0.25, 0.3) is 0 Å². The van der Waals surface area contributed by atoms with Gasteiger partial charge in [0.25, 0.3) is 0 Å². The lowest BCUT2D eigenvalue weighted by Crippen LogP contribution is -2.33. The molecular weight excluding hydrogens is 282 g/mol. The normalized spacial score (nSPS) is 15.1. The summed E-state index contributed by atoms with van der Waals surface area (Å²) in [6.07, 6.45) is 0.710. The molecule has 0 spiro atoms. The van der Waals surface area contributed by atoms with E-state index in [0.717, 1.165) is 16.9 Å². The number of ether oxygens (including phenoxy) is 1. The van der Waals surface area contributed by atoms with Gasteiger partial charge in [-0.2, -0.15) is 0 Å². The average molecular weight is 304 g/mol. The summed E-state index contributed by atoms with van der Waals surface area (Å²) >= 11 is 6.30. The van der Waals surface area contributed by atoms with E-state index < -0.39 is 15.7 Å². The van der Waals surface area contributed by atoms with Gasteiger partial charge in [-0.1, -0.05) is 24.6 Å². The van der Waals surface area contributed by atoms with E-state index in [1.54, 1.807) is 7.11 Å². The van der Waals surface area contributed by atoms with E-state index in [1.165, 1.54) is 0 Å². The molecule has 1 aromatic rings. The summed E-state index contributed by atoms with van der Waals surface area (Å²) in [4.78, 5) is 0. The Morgan fingerprint density at radius 3 is 2.53 bits per heavy atom. The van der Waals surface area contributed by atoms with Crippen molar-refractivity contribution in [3.05, 3.63) is 28.3 Å². The van der Waals surface area contributed by atoms with Gasteiger partial charge >= 0.3 is 0 Å². The van der Waals surface area contributed by atoms with Gasteiger partial charge in [-0.15, -0.1) is 0 Å². The first-order valence-corrected chi connectivity index (χ1v) is 7.78. The first kappa shape index (κ1) is 16.5. The van der Waals surface area contributed by atoms with E-state index in [2.05, 4.69) is 6.92 Å². The van der Waals surface area contributed by atoms with Crippen LogP contribution in [0.15, 0.2) is 12.1 Å². The lowest BCUT2D eigenvalue weighted by molar-refractivity contribution is 0.411. The average Bonchev–Trinajstić information content (AvgIpc) is 2.30. The Morgan fingerprint density at radius 2 is 2.05 bits per heavy atom. The molecule has 5 heteroatoms. The van der Waals surface area contributed by atoms with Crippen molar-refractivity contribution in [2.45, 2.75) is 44.8 Å². The fourth-order valence-electron chi connectivity index (χ4n) is 2.21. The SMILES string of the molecule is COc1cc(Cl)c([C@H](C)CC(C)(C)S(N)=O)cc1C. The second-order valence-corrected chi connectivity index (χ2v) is 7.61. The van der Waals surface area contributed by atoms with Crippen molar-refractivity contribution >= 4 is 22.6 Å². The summed E-state index contributed by atoms with van der Waals surface area (Å²) in [5.74, 6) is 0.960. The highest BCUT2D eigenvalue weighted by atomic mass is 35.5. The Bertz CT molecular complexity index is 489. The number of methoxy groups -OCH3 is 1. The number of halogens is 1. The molecule has 0 radical (unpaired) electrons. The molecule has 0 saturated heterocycles. The van der Waals surface area contributed by atoms with Crippen molar-refractivity contribution in [1.29, 1.82) is 0 Å². The van der Waals surface area contributed by atoms with Crippen LogP contribution in [0.5, 0.6) is 5.75 Å². The lowest BCUT2D eigenvalue weighted by Gasteiger charge is -2.26. The lowest BCUT2D eigenvalue weighted by atomic mass is 9.90. The maximum Gasteiger partial charge on any atom is 0.123 e. The molecule has 1 aromatic carbocycles. The zero-order chi connectivity index (χ0) is 14.8. The molecule has 19 heavy (non-hydrogen) atoms. The van der Waals surface area contributed by atoms with E-state index in [-0.39, 0.29) is 5.92 Å². The highest BCUT2D eigenvalue weighted by molar-refractivity contribution is 7.84. The molecule has 0 aromatic heterocycles. The molecular formula is C14H22ClNO2S. The minimum absolute atomic E-state index is 0.180. The van der Waals surface area contributed by atoms with Crippen molar-refractivity contribution in [2.75, 3.05) is 7.11 Å². The summed E-state index contributed by atoms with van der Waals surface area (Å²) in [6, 6.07) is 3.86. The zero-order valence-corrected chi connectivity index (χ0v) is 13.7. The Kier molecular flexibility index (Phi) is 5.42. The quantitative estimate of drug-likeness (QED) is 0.904. The molecule has 0 heterocycles. The number of nitrogens with two attached hydrogens (primary N) is 1. The molecule has 1 rings (SSSR count). The maximum absolute atomic E-state index is 11.5. The van der Waals surface area contributed by atoms with Gasteiger partial charge in [-0.05, 0) is 50.3 Å². The van der Waals surface area contributed by atoms with Gasteiger partial charge in [0.15, 0.2) is 0 Å². The van der Waals surface area contributed by atoms with E-state index in [9.17, 15) is 4.21 Å². The van der Waals surface area contributed by atoms with Crippen LogP contribution in [-0.2, 0) is 11.0 Å². The van der Waals surface area contributed by atoms with Gasteiger partial charge in [-0.3, -0.25) is 5.14 Å². The van der Waals surface area contributed by atoms with Gasteiger partial charge in [0.05, 0.1) is 22.8 Å². The third-order valence-corrected chi connectivity index (χ3v) is 4.97. The highest BCUT2D eigenvalue weighted by Crippen LogP contribution is 2.35. The molecule has 2 N–H and O–H groups in total. The number of hydrogen-bond acceptors (Lipinski definition) is 2. The molecule has 0 fully saturated rings.